The van der Waals surface area contributed by atoms with Crippen LogP contribution in [0.5, 0.6) is 0 Å². The molecule has 1 aromatic rings. The Kier molecular flexibility index (Phi) is 4.69. The van der Waals surface area contributed by atoms with Crippen molar-refractivity contribution in [3.8, 4) is 0 Å². The van der Waals surface area contributed by atoms with Crippen LogP contribution in [-0.4, -0.2) is 6.54 Å². The maximum absolute atomic E-state index is 3.95. The Morgan fingerprint density at radius 1 is 1.43 bits per heavy atom. The molecule has 1 aromatic carbocycles. The molecular weight excluding hydrogens is 306 g/mol. The molecule has 0 amide bonds. The van der Waals surface area contributed by atoms with E-state index in [0.717, 1.165) is 27.6 Å². The molecule has 0 saturated heterocycles. The van der Waals surface area contributed by atoms with Gasteiger partial charge in [-0.25, -0.2) is 0 Å². The summed E-state index contributed by atoms with van der Waals surface area (Å²) in [5.74, 6) is 0. The molecule has 0 aliphatic heterocycles. The van der Waals surface area contributed by atoms with E-state index in [1.54, 1.807) is 0 Å². The van der Waals surface area contributed by atoms with Gasteiger partial charge < -0.3 is 5.32 Å². The van der Waals surface area contributed by atoms with Crippen molar-refractivity contribution >= 4 is 37.5 Å². The first-order valence-corrected chi connectivity index (χ1v) is 6.07. The van der Waals surface area contributed by atoms with Gasteiger partial charge in [0, 0.05) is 21.2 Å². The quantitative estimate of drug-likeness (QED) is 0.801. The molecule has 0 atom stereocenters. The van der Waals surface area contributed by atoms with Gasteiger partial charge in [-0.15, -0.1) is 0 Å². The van der Waals surface area contributed by atoms with Gasteiger partial charge in [-0.05, 0) is 40.5 Å². The van der Waals surface area contributed by atoms with Crippen LogP contribution >= 0.6 is 31.9 Å². The summed E-state index contributed by atoms with van der Waals surface area (Å²) in [7, 11) is 0. The van der Waals surface area contributed by atoms with Crippen LogP contribution in [0.1, 0.15) is 13.3 Å². The van der Waals surface area contributed by atoms with Crippen LogP contribution in [0.2, 0.25) is 0 Å². The van der Waals surface area contributed by atoms with Crippen LogP contribution in [0.25, 0.3) is 0 Å². The molecule has 1 N–H and O–H groups in total. The van der Waals surface area contributed by atoms with Crippen LogP contribution in [0.3, 0.4) is 0 Å². The predicted molar refractivity (Wildman–Crippen MR) is 69.8 cm³/mol. The third-order valence-corrected chi connectivity index (χ3v) is 3.11. The van der Waals surface area contributed by atoms with Crippen molar-refractivity contribution in [3.05, 3.63) is 39.3 Å². The van der Waals surface area contributed by atoms with Crippen molar-refractivity contribution in [1.82, 2.24) is 0 Å². The summed E-state index contributed by atoms with van der Waals surface area (Å²) < 4.78 is 2.14. The second kappa shape index (κ2) is 5.56. The number of nitrogens with one attached hydrogen (secondary N) is 1. The van der Waals surface area contributed by atoms with E-state index in [2.05, 4.69) is 50.7 Å². The highest BCUT2D eigenvalue weighted by molar-refractivity contribution is 9.11. The molecule has 0 aliphatic carbocycles. The first-order chi connectivity index (χ1) is 6.63. The Hall–Kier alpha value is -0.280. The first kappa shape index (κ1) is 11.8. The van der Waals surface area contributed by atoms with Crippen LogP contribution in [0.4, 0.5) is 5.69 Å². The Bertz CT molecular complexity index is 334. The number of benzene rings is 1. The van der Waals surface area contributed by atoms with Gasteiger partial charge >= 0.3 is 0 Å². The normalized spacial score (nSPS) is 9.93. The van der Waals surface area contributed by atoms with Crippen molar-refractivity contribution in [2.75, 3.05) is 11.9 Å². The lowest BCUT2D eigenvalue weighted by molar-refractivity contribution is 1.05. The van der Waals surface area contributed by atoms with Gasteiger partial charge in [-0.2, -0.15) is 0 Å². The van der Waals surface area contributed by atoms with E-state index in [-0.39, 0.29) is 0 Å². The molecule has 14 heavy (non-hydrogen) atoms. The Morgan fingerprint density at radius 2 is 2.14 bits per heavy atom. The first-order valence-electron chi connectivity index (χ1n) is 4.49. The summed E-state index contributed by atoms with van der Waals surface area (Å²) in [4.78, 5) is 0. The second-order valence-corrected chi connectivity index (χ2v) is 4.85. The zero-order valence-corrected chi connectivity index (χ0v) is 11.3. The molecular formula is C11H13Br2N. The monoisotopic (exact) mass is 317 g/mol. The summed E-state index contributed by atoms with van der Waals surface area (Å²) in [6.07, 6.45) is 1.02. The molecule has 3 heteroatoms. The zero-order valence-electron chi connectivity index (χ0n) is 8.11. The minimum atomic E-state index is 0.830. The van der Waals surface area contributed by atoms with Gasteiger partial charge in [-0.1, -0.05) is 35.0 Å². The molecule has 0 saturated carbocycles. The van der Waals surface area contributed by atoms with Crippen molar-refractivity contribution in [1.29, 1.82) is 0 Å². The lowest BCUT2D eigenvalue weighted by Gasteiger charge is -2.09. The van der Waals surface area contributed by atoms with E-state index in [4.69, 9.17) is 0 Å². The molecule has 0 spiro atoms. The highest BCUT2D eigenvalue weighted by Crippen LogP contribution is 2.26. The molecule has 0 aliphatic rings. The van der Waals surface area contributed by atoms with E-state index in [1.165, 1.54) is 5.57 Å². The highest BCUT2D eigenvalue weighted by atomic mass is 79.9. The fourth-order valence-corrected chi connectivity index (χ4v) is 2.17. The lowest BCUT2D eigenvalue weighted by Crippen LogP contribution is -2.03. The molecule has 0 radical (unpaired) electrons. The predicted octanol–water partition coefficient (Wildman–Crippen LogP) is 4.59. The van der Waals surface area contributed by atoms with E-state index < -0.39 is 0 Å². The second-order valence-electron chi connectivity index (χ2n) is 3.08. The Morgan fingerprint density at radius 3 is 2.71 bits per heavy atom. The number of hydrogen-bond donors (Lipinski definition) is 1. The minimum Gasteiger partial charge on any atom is -0.380 e. The van der Waals surface area contributed by atoms with Crippen LogP contribution < -0.4 is 5.32 Å². The van der Waals surface area contributed by atoms with Gasteiger partial charge in [0.15, 0.2) is 0 Å². The third kappa shape index (κ3) is 3.46. The molecule has 0 bridgehead atoms. The number of anilines is 1. The summed E-state index contributed by atoms with van der Waals surface area (Å²) >= 11 is 6.91. The van der Waals surface area contributed by atoms with Gasteiger partial charge in [0.05, 0.1) is 0 Å². The van der Waals surface area contributed by atoms with E-state index >= 15 is 0 Å². The molecule has 0 fully saturated rings. The van der Waals surface area contributed by atoms with Gasteiger partial charge in [0.2, 0.25) is 0 Å². The van der Waals surface area contributed by atoms with E-state index in [1.807, 2.05) is 18.2 Å². The topological polar surface area (TPSA) is 12.0 Å². The average Bonchev–Trinajstić information content (AvgIpc) is 2.16. The Balaban J connectivity index is 2.63. The van der Waals surface area contributed by atoms with E-state index in [9.17, 15) is 0 Å². The smallest absolute Gasteiger partial charge is 0.0487 e. The summed E-state index contributed by atoms with van der Waals surface area (Å²) in [5, 5.41) is 3.32. The van der Waals surface area contributed by atoms with Crippen molar-refractivity contribution in [2.24, 2.45) is 0 Å². The average molecular weight is 319 g/mol. The minimum absolute atomic E-state index is 0.830. The molecule has 0 aromatic heterocycles. The fourth-order valence-electron chi connectivity index (χ4n) is 0.978. The maximum Gasteiger partial charge on any atom is 0.0487 e. The summed E-state index contributed by atoms with van der Waals surface area (Å²) in [5.41, 5.74) is 2.31. The van der Waals surface area contributed by atoms with Crippen molar-refractivity contribution in [3.63, 3.8) is 0 Å². The summed E-state index contributed by atoms with van der Waals surface area (Å²) in [6.45, 7) is 6.89. The maximum atomic E-state index is 3.95. The van der Waals surface area contributed by atoms with Crippen LogP contribution in [0.15, 0.2) is 39.3 Å². The van der Waals surface area contributed by atoms with Crippen LogP contribution in [-0.2, 0) is 0 Å². The standard InChI is InChI=1S/C11H13Br2N/c1-3-8(2)7-14-11-5-4-9(12)6-10(11)13/h4-6,14H,2-3,7H2,1H3. The van der Waals surface area contributed by atoms with Gasteiger partial charge in [0.1, 0.15) is 0 Å². The van der Waals surface area contributed by atoms with Gasteiger partial charge in [-0.3, -0.25) is 0 Å². The van der Waals surface area contributed by atoms with Crippen molar-refractivity contribution in [2.45, 2.75) is 13.3 Å². The Labute approximate surface area is 102 Å². The highest BCUT2D eigenvalue weighted by Gasteiger charge is 1.99. The molecule has 0 unspecified atom stereocenters. The number of halogens is 2. The van der Waals surface area contributed by atoms with E-state index in [0.29, 0.717) is 0 Å². The van der Waals surface area contributed by atoms with Crippen LogP contribution in [0, 0.1) is 0 Å². The third-order valence-electron chi connectivity index (χ3n) is 1.96. The largest absolute Gasteiger partial charge is 0.380 e. The number of hydrogen-bond acceptors (Lipinski definition) is 1. The molecule has 1 nitrogen and oxygen atoms in total. The fraction of sp³-hybridized carbons (Fsp3) is 0.273. The molecule has 1 rings (SSSR count). The van der Waals surface area contributed by atoms with Crippen molar-refractivity contribution < 1.29 is 0 Å². The zero-order chi connectivity index (χ0) is 10.6. The lowest BCUT2D eigenvalue weighted by atomic mass is 10.2. The number of rotatable bonds is 4. The van der Waals surface area contributed by atoms with Gasteiger partial charge in [0.25, 0.3) is 0 Å². The molecule has 0 heterocycles. The molecule has 76 valence electrons. The summed E-state index contributed by atoms with van der Waals surface area (Å²) in [6, 6.07) is 6.08. The SMILES string of the molecule is C=C(CC)CNc1ccc(Br)cc1Br.